The lowest BCUT2D eigenvalue weighted by Gasteiger charge is -2.12. The number of hydrogen-bond donors (Lipinski definition) is 2. The van der Waals surface area contributed by atoms with Gasteiger partial charge in [0.25, 0.3) is 5.91 Å². The van der Waals surface area contributed by atoms with E-state index in [1.807, 2.05) is 49.4 Å². The molecule has 4 aromatic rings. The van der Waals surface area contributed by atoms with Crippen molar-refractivity contribution in [2.75, 3.05) is 5.73 Å². The Kier molecular flexibility index (Phi) is 4.59. The molecule has 0 spiro atoms. The Balaban J connectivity index is 1.75. The Bertz CT molecular complexity index is 1290. The van der Waals surface area contributed by atoms with Crippen molar-refractivity contribution in [2.24, 2.45) is 0 Å². The van der Waals surface area contributed by atoms with Crippen LogP contribution in [0.3, 0.4) is 0 Å². The maximum absolute atomic E-state index is 13.2. The molecule has 7 heteroatoms. The molecule has 1 amide bonds. The Morgan fingerprint density at radius 1 is 1.13 bits per heavy atom. The maximum atomic E-state index is 13.2. The zero-order valence-electron chi connectivity index (χ0n) is 16.7. The number of anilines is 1. The van der Waals surface area contributed by atoms with E-state index in [1.165, 1.54) is 0 Å². The topological polar surface area (TPSA) is 85.8 Å². The number of para-hydroxylation sites is 2. The monoisotopic (exact) mass is 419 g/mol. The highest BCUT2D eigenvalue weighted by molar-refractivity contribution is 6.31. The van der Waals surface area contributed by atoms with Crippen LogP contribution in [0.5, 0.6) is 0 Å². The summed E-state index contributed by atoms with van der Waals surface area (Å²) in [6.45, 7) is 1.94. The van der Waals surface area contributed by atoms with Crippen LogP contribution in [-0.2, 0) is 0 Å². The molecule has 0 bridgehead atoms. The molecule has 152 valence electrons. The fourth-order valence-corrected chi connectivity index (χ4v) is 4.37. The van der Waals surface area contributed by atoms with Crippen molar-refractivity contribution in [3.63, 3.8) is 0 Å². The fourth-order valence-electron chi connectivity index (χ4n) is 4.20. The van der Waals surface area contributed by atoms with Gasteiger partial charge in [-0.25, -0.2) is 9.97 Å². The first kappa shape index (κ1) is 18.9. The van der Waals surface area contributed by atoms with Crippen LogP contribution < -0.4 is 11.1 Å². The van der Waals surface area contributed by atoms with Crippen LogP contribution in [0.4, 0.5) is 5.82 Å². The minimum atomic E-state index is -0.203. The highest BCUT2D eigenvalue weighted by atomic mass is 35.5. The number of amides is 1. The minimum absolute atomic E-state index is 0.178. The highest BCUT2D eigenvalue weighted by Gasteiger charge is 2.27. The summed E-state index contributed by atoms with van der Waals surface area (Å²) in [5, 5.41) is 3.76. The number of nitrogens with one attached hydrogen (secondary N) is 1. The quantitative estimate of drug-likeness (QED) is 0.500. The number of fused-ring (bicyclic) bond motifs is 2. The van der Waals surface area contributed by atoms with Crippen molar-refractivity contribution in [1.29, 1.82) is 0 Å². The molecule has 0 saturated heterocycles. The number of nitrogen functional groups attached to an aromatic ring is 1. The van der Waals surface area contributed by atoms with Gasteiger partial charge >= 0.3 is 0 Å². The van der Waals surface area contributed by atoms with E-state index in [0.717, 1.165) is 48.0 Å². The van der Waals surface area contributed by atoms with Gasteiger partial charge in [0.15, 0.2) is 5.65 Å². The number of carbonyl (C=O) groups excluding carboxylic acids is 1. The molecule has 1 saturated carbocycles. The zero-order chi connectivity index (χ0) is 20.8. The van der Waals surface area contributed by atoms with Gasteiger partial charge in [-0.05, 0) is 49.6 Å². The van der Waals surface area contributed by atoms with Gasteiger partial charge in [-0.2, -0.15) is 0 Å². The summed E-state index contributed by atoms with van der Waals surface area (Å²) in [5.41, 5.74) is 11.1. The average Bonchev–Trinajstić information content (AvgIpc) is 3.33. The number of rotatable bonds is 3. The number of halogens is 1. The van der Waals surface area contributed by atoms with Crippen LogP contribution in [0.15, 0.2) is 42.5 Å². The van der Waals surface area contributed by atoms with Crippen molar-refractivity contribution in [3.05, 3.63) is 58.6 Å². The molecule has 2 aromatic heterocycles. The van der Waals surface area contributed by atoms with E-state index in [9.17, 15) is 4.79 Å². The smallest absolute Gasteiger partial charge is 0.257 e. The van der Waals surface area contributed by atoms with Gasteiger partial charge in [-0.1, -0.05) is 42.6 Å². The Hall–Kier alpha value is -3.12. The summed E-state index contributed by atoms with van der Waals surface area (Å²) in [7, 11) is 0. The van der Waals surface area contributed by atoms with E-state index in [1.54, 1.807) is 4.57 Å². The first-order valence-corrected chi connectivity index (χ1v) is 10.5. The second-order valence-corrected chi connectivity index (χ2v) is 8.28. The van der Waals surface area contributed by atoms with Crippen LogP contribution in [0.1, 0.15) is 41.6 Å². The second-order valence-electron chi connectivity index (χ2n) is 7.87. The van der Waals surface area contributed by atoms with Gasteiger partial charge in [0.1, 0.15) is 16.9 Å². The van der Waals surface area contributed by atoms with Crippen LogP contribution in [0.2, 0.25) is 5.02 Å². The minimum Gasteiger partial charge on any atom is -0.384 e. The normalized spacial score (nSPS) is 14.6. The van der Waals surface area contributed by atoms with Gasteiger partial charge in [-0.3, -0.25) is 9.36 Å². The number of aryl methyl sites for hydroxylation is 1. The molecular weight excluding hydrogens is 398 g/mol. The van der Waals surface area contributed by atoms with Gasteiger partial charge in [0.05, 0.1) is 16.7 Å². The molecule has 3 N–H and O–H groups in total. The van der Waals surface area contributed by atoms with E-state index in [4.69, 9.17) is 27.3 Å². The molecule has 0 unspecified atom stereocenters. The third kappa shape index (κ3) is 3.08. The van der Waals surface area contributed by atoms with Gasteiger partial charge in [0.2, 0.25) is 0 Å². The van der Waals surface area contributed by atoms with Crippen LogP contribution >= 0.6 is 11.6 Å². The number of hydrogen-bond acceptors (Lipinski definition) is 4. The van der Waals surface area contributed by atoms with Crippen molar-refractivity contribution >= 4 is 45.5 Å². The predicted molar refractivity (Wildman–Crippen MR) is 120 cm³/mol. The maximum Gasteiger partial charge on any atom is 0.257 e. The highest BCUT2D eigenvalue weighted by Crippen LogP contribution is 2.32. The lowest BCUT2D eigenvalue weighted by molar-refractivity contribution is 0.0940. The summed E-state index contributed by atoms with van der Waals surface area (Å²) in [6, 6.07) is 13.5. The number of carbonyl (C=O) groups is 1. The van der Waals surface area contributed by atoms with E-state index in [-0.39, 0.29) is 11.9 Å². The third-order valence-electron chi connectivity index (χ3n) is 5.83. The molecular formula is C23H22ClN5O. The summed E-state index contributed by atoms with van der Waals surface area (Å²) < 4.78 is 1.77. The number of nitrogens with two attached hydrogens (primary N) is 1. The first-order chi connectivity index (χ1) is 14.5. The van der Waals surface area contributed by atoms with Crippen LogP contribution in [0.25, 0.3) is 27.9 Å². The van der Waals surface area contributed by atoms with Crippen LogP contribution in [-0.4, -0.2) is 26.5 Å². The Morgan fingerprint density at radius 3 is 2.53 bits per heavy atom. The summed E-state index contributed by atoms with van der Waals surface area (Å²) >= 11 is 6.38. The molecule has 0 aliphatic heterocycles. The molecule has 6 nitrogen and oxygen atoms in total. The summed E-state index contributed by atoms with van der Waals surface area (Å²) in [6.07, 6.45) is 4.25. The predicted octanol–water partition coefficient (Wildman–Crippen LogP) is 4.79. The van der Waals surface area contributed by atoms with Crippen molar-refractivity contribution in [1.82, 2.24) is 19.9 Å². The molecule has 2 aromatic carbocycles. The largest absolute Gasteiger partial charge is 0.384 e. The van der Waals surface area contributed by atoms with E-state index < -0.39 is 0 Å². The lowest BCUT2D eigenvalue weighted by Crippen LogP contribution is -2.33. The fraction of sp³-hybridized carbons (Fsp3) is 0.261. The standard InChI is InChI=1S/C23H22ClN5O/c1-13-10-11-15(12-16(13)24)29-21(25)19(23(30)26-14-6-2-3-7-14)20-22(29)28-18-9-5-4-8-17(18)27-20/h4-5,8-12,14H,2-3,6-7,25H2,1H3,(H,26,30). The third-order valence-corrected chi connectivity index (χ3v) is 6.24. The molecule has 0 atom stereocenters. The van der Waals surface area contributed by atoms with E-state index >= 15 is 0 Å². The van der Waals surface area contributed by atoms with E-state index in [2.05, 4.69) is 5.32 Å². The van der Waals surface area contributed by atoms with Crippen molar-refractivity contribution in [2.45, 2.75) is 38.6 Å². The second kappa shape index (κ2) is 7.29. The van der Waals surface area contributed by atoms with Crippen LogP contribution in [0, 0.1) is 6.92 Å². The van der Waals surface area contributed by atoms with Crippen molar-refractivity contribution in [3.8, 4) is 5.69 Å². The molecule has 0 radical (unpaired) electrons. The molecule has 30 heavy (non-hydrogen) atoms. The number of benzene rings is 2. The van der Waals surface area contributed by atoms with E-state index in [0.29, 0.717) is 27.6 Å². The summed E-state index contributed by atoms with van der Waals surface area (Å²) in [5.74, 6) is 0.113. The summed E-state index contributed by atoms with van der Waals surface area (Å²) in [4.78, 5) is 22.8. The number of nitrogens with zero attached hydrogens (tertiary/aromatic N) is 3. The van der Waals surface area contributed by atoms with Gasteiger partial charge < -0.3 is 11.1 Å². The lowest BCUT2D eigenvalue weighted by atomic mass is 10.2. The van der Waals surface area contributed by atoms with Gasteiger partial charge in [0, 0.05) is 11.1 Å². The Morgan fingerprint density at radius 2 is 1.83 bits per heavy atom. The molecule has 1 aliphatic rings. The molecule has 1 aliphatic carbocycles. The molecule has 5 rings (SSSR count). The molecule has 1 fully saturated rings. The van der Waals surface area contributed by atoms with Crippen molar-refractivity contribution < 1.29 is 4.79 Å². The SMILES string of the molecule is Cc1ccc(-n2c(N)c(C(=O)NC3CCCC3)c3nc4ccccc4nc32)cc1Cl. The zero-order valence-corrected chi connectivity index (χ0v) is 17.4. The number of aromatic nitrogens is 3. The first-order valence-electron chi connectivity index (χ1n) is 10.2. The molecule has 2 heterocycles. The Labute approximate surface area is 179 Å². The van der Waals surface area contributed by atoms with Gasteiger partial charge in [-0.15, -0.1) is 0 Å². The average molecular weight is 420 g/mol.